The summed E-state index contributed by atoms with van der Waals surface area (Å²) in [4.78, 5) is 14.7. The van der Waals surface area contributed by atoms with Crippen molar-refractivity contribution in [3.63, 3.8) is 0 Å². The summed E-state index contributed by atoms with van der Waals surface area (Å²) in [5.74, 6) is 0.920. The van der Waals surface area contributed by atoms with E-state index in [0.29, 0.717) is 60.7 Å². The number of ether oxygens (including phenoxy) is 1. The summed E-state index contributed by atoms with van der Waals surface area (Å²) in [5.41, 5.74) is 3.14. The zero-order chi connectivity index (χ0) is 24.0. The van der Waals surface area contributed by atoms with E-state index in [9.17, 15) is 9.18 Å². The van der Waals surface area contributed by atoms with E-state index in [1.807, 2.05) is 59.5 Å². The normalized spacial score (nSPS) is 13.7. The minimum atomic E-state index is -0.332. The zero-order valence-electron chi connectivity index (χ0n) is 19.1. The molecule has 8 heteroatoms. The predicted octanol–water partition coefficient (Wildman–Crippen LogP) is 4.76. The molecule has 1 amide bonds. The number of halogens is 1. The molecule has 6 nitrogen and oxygen atoms in total. The van der Waals surface area contributed by atoms with E-state index in [0.717, 1.165) is 11.1 Å². The van der Waals surface area contributed by atoms with Gasteiger partial charge in [-0.05, 0) is 35.4 Å². The van der Waals surface area contributed by atoms with Crippen molar-refractivity contribution in [1.82, 2.24) is 19.7 Å². The molecule has 1 saturated heterocycles. The number of morpholine rings is 1. The fourth-order valence-electron chi connectivity index (χ4n) is 4.05. The molecule has 0 spiro atoms. The number of benzene rings is 3. The molecule has 1 aliphatic rings. The van der Waals surface area contributed by atoms with Crippen LogP contribution >= 0.6 is 11.8 Å². The van der Waals surface area contributed by atoms with Crippen LogP contribution in [-0.4, -0.2) is 51.9 Å². The largest absolute Gasteiger partial charge is 0.378 e. The summed E-state index contributed by atoms with van der Waals surface area (Å²) < 4.78 is 21.9. The third kappa shape index (κ3) is 5.44. The van der Waals surface area contributed by atoms with Crippen LogP contribution in [0.1, 0.15) is 27.3 Å². The summed E-state index contributed by atoms with van der Waals surface area (Å²) in [5, 5.41) is 9.40. The number of carbonyl (C=O) groups is 1. The molecular formula is C27H25FN4O2S. The van der Waals surface area contributed by atoms with Crippen LogP contribution < -0.4 is 0 Å². The second-order valence-corrected chi connectivity index (χ2v) is 9.18. The molecule has 0 N–H and O–H groups in total. The van der Waals surface area contributed by atoms with Crippen molar-refractivity contribution in [2.45, 2.75) is 17.3 Å². The second-order valence-electron chi connectivity index (χ2n) is 8.24. The molecule has 0 aliphatic carbocycles. The number of nitrogens with zero attached hydrogens (tertiary/aromatic N) is 4. The van der Waals surface area contributed by atoms with Gasteiger partial charge in [0.05, 0.1) is 18.9 Å². The molecule has 2 heterocycles. The van der Waals surface area contributed by atoms with Crippen LogP contribution in [0.25, 0.3) is 5.69 Å². The lowest BCUT2D eigenvalue weighted by Gasteiger charge is -2.27. The topological polar surface area (TPSA) is 60.2 Å². The Morgan fingerprint density at radius 3 is 2.46 bits per heavy atom. The molecule has 1 aromatic heterocycles. The smallest absolute Gasteiger partial charge is 0.254 e. The van der Waals surface area contributed by atoms with E-state index in [4.69, 9.17) is 4.74 Å². The van der Waals surface area contributed by atoms with Gasteiger partial charge in [-0.25, -0.2) is 4.39 Å². The lowest BCUT2D eigenvalue weighted by Crippen LogP contribution is -2.40. The van der Waals surface area contributed by atoms with Gasteiger partial charge in [0.1, 0.15) is 11.6 Å². The standard InChI is InChI=1S/C27H25FN4O2S/c28-23-11-4-5-12-24(23)32-25(18-20-7-2-1-3-8-20)29-30-27(32)35-19-21-9-6-10-22(17-21)26(33)31-13-15-34-16-14-31/h1-12,17H,13-16,18-19H2. The first-order valence-electron chi connectivity index (χ1n) is 11.5. The molecule has 1 aliphatic heterocycles. The van der Waals surface area contributed by atoms with Crippen molar-refractivity contribution >= 4 is 17.7 Å². The number of thioether (sulfide) groups is 1. The minimum absolute atomic E-state index is 0.0137. The summed E-state index contributed by atoms with van der Waals surface area (Å²) in [6, 6.07) is 24.2. The quantitative estimate of drug-likeness (QED) is 0.351. The molecular weight excluding hydrogens is 463 g/mol. The first-order valence-corrected chi connectivity index (χ1v) is 12.5. The highest BCUT2D eigenvalue weighted by atomic mass is 32.2. The third-order valence-corrected chi connectivity index (χ3v) is 6.84. The average molecular weight is 489 g/mol. The van der Waals surface area contributed by atoms with E-state index < -0.39 is 0 Å². The Labute approximate surface area is 207 Å². The Balaban J connectivity index is 1.39. The van der Waals surface area contributed by atoms with Crippen molar-refractivity contribution in [2.75, 3.05) is 26.3 Å². The van der Waals surface area contributed by atoms with Crippen LogP contribution in [0.2, 0.25) is 0 Å². The molecule has 0 saturated carbocycles. The monoisotopic (exact) mass is 488 g/mol. The molecule has 0 unspecified atom stereocenters. The fourth-order valence-corrected chi connectivity index (χ4v) is 4.96. The first-order chi connectivity index (χ1) is 17.2. The average Bonchev–Trinajstić information content (AvgIpc) is 3.30. The van der Waals surface area contributed by atoms with Crippen molar-refractivity contribution < 1.29 is 13.9 Å². The predicted molar refractivity (Wildman–Crippen MR) is 133 cm³/mol. The van der Waals surface area contributed by atoms with E-state index in [1.165, 1.54) is 17.8 Å². The number of aromatic nitrogens is 3. The number of carbonyl (C=O) groups excluding carboxylic acids is 1. The van der Waals surface area contributed by atoms with Gasteiger partial charge < -0.3 is 9.64 Å². The van der Waals surface area contributed by atoms with Crippen molar-refractivity contribution in [3.05, 3.63) is 107 Å². The van der Waals surface area contributed by atoms with Crippen LogP contribution in [-0.2, 0) is 16.9 Å². The van der Waals surface area contributed by atoms with Gasteiger partial charge in [-0.3, -0.25) is 9.36 Å². The maximum atomic E-state index is 14.8. The van der Waals surface area contributed by atoms with E-state index in [2.05, 4.69) is 10.2 Å². The molecule has 5 rings (SSSR count). The molecule has 0 atom stereocenters. The van der Waals surface area contributed by atoms with Crippen LogP contribution in [0, 0.1) is 5.82 Å². The van der Waals surface area contributed by atoms with Gasteiger partial charge in [-0.15, -0.1) is 10.2 Å². The molecule has 178 valence electrons. The van der Waals surface area contributed by atoms with Gasteiger partial charge in [-0.1, -0.05) is 66.4 Å². The van der Waals surface area contributed by atoms with Crippen LogP contribution in [0.4, 0.5) is 4.39 Å². The third-order valence-electron chi connectivity index (χ3n) is 5.84. The SMILES string of the molecule is O=C(c1cccc(CSc2nnc(Cc3ccccc3)n2-c2ccccc2F)c1)N1CCOCC1. The lowest BCUT2D eigenvalue weighted by atomic mass is 10.1. The second kappa shape index (κ2) is 10.8. The number of amides is 1. The Morgan fingerprint density at radius 1 is 0.914 bits per heavy atom. The number of hydrogen-bond acceptors (Lipinski definition) is 5. The molecule has 35 heavy (non-hydrogen) atoms. The molecule has 4 aromatic rings. The van der Waals surface area contributed by atoms with Crippen LogP contribution in [0.5, 0.6) is 0 Å². The highest BCUT2D eigenvalue weighted by molar-refractivity contribution is 7.98. The Hall–Kier alpha value is -3.49. The maximum Gasteiger partial charge on any atom is 0.254 e. The van der Waals surface area contributed by atoms with Crippen molar-refractivity contribution in [3.8, 4) is 5.69 Å². The molecule has 3 aromatic carbocycles. The van der Waals surface area contributed by atoms with Gasteiger partial charge in [0.25, 0.3) is 5.91 Å². The molecule has 0 bridgehead atoms. The fraction of sp³-hybridized carbons (Fsp3) is 0.222. The summed E-state index contributed by atoms with van der Waals surface area (Å²) >= 11 is 1.47. The van der Waals surface area contributed by atoms with E-state index in [1.54, 1.807) is 22.8 Å². The molecule has 1 fully saturated rings. The lowest BCUT2D eigenvalue weighted by molar-refractivity contribution is 0.0303. The molecule has 0 radical (unpaired) electrons. The summed E-state index contributed by atoms with van der Waals surface area (Å²) in [6.45, 7) is 2.35. The minimum Gasteiger partial charge on any atom is -0.378 e. The Kier molecular flexibility index (Phi) is 7.20. The van der Waals surface area contributed by atoms with E-state index >= 15 is 0 Å². The number of rotatable bonds is 7. The van der Waals surface area contributed by atoms with Crippen LogP contribution in [0.15, 0.2) is 84.0 Å². The van der Waals surface area contributed by atoms with Crippen LogP contribution in [0.3, 0.4) is 0 Å². The summed E-state index contributed by atoms with van der Waals surface area (Å²) in [7, 11) is 0. The maximum absolute atomic E-state index is 14.8. The first kappa shape index (κ1) is 23.3. The highest BCUT2D eigenvalue weighted by Crippen LogP contribution is 2.28. The summed E-state index contributed by atoms with van der Waals surface area (Å²) in [6.07, 6.45) is 0.534. The van der Waals surface area contributed by atoms with E-state index in [-0.39, 0.29) is 11.7 Å². The Morgan fingerprint density at radius 2 is 1.66 bits per heavy atom. The number of hydrogen-bond donors (Lipinski definition) is 0. The zero-order valence-corrected chi connectivity index (χ0v) is 20.0. The van der Waals surface area contributed by atoms with Gasteiger partial charge in [-0.2, -0.15) is 0 Å². The highest BCUT2D eigenvalue weighted by Gasteiger charge is 2.20. The van der Waals surface area contributed by atoms with Crippen molar-refractivity contribution in [1.29, 1.82) is 0 Å². The van der Waals surface area contributed by atoms with Gasteiger partial charge in [0.2, 0.25) is 0 Å². The van der Waals surface area contributed by atoms with Gasteiger partial charge in [0, 0.05) is 30.8 Å². The van der Waals surface area contributed by atoms with Gasteiger partial charge >= 0.3 is 0 Å². The Bertz CT molecular complexity index is 1310. The van der Waals surface area contributed by atoms with Gasteiger partial charge in [0.15, 0.2) is 5.16 Å². The number of para-hydroxylation sites is 1. The van der Waals surface area contributed by atoms with Crippen molar-refractivity contribution in [2.24, 2.45) is 0 Å².